The lowest BCUT2D eigenvalue weighted by molar-refractivity contribution is 0.506. The van der Waals surface area contributed by atoms with Crippen LogP contribution in [0, 0.1) is 6.92 Å². The molecule has 102 valence electrons. The molecule has 1 atom stereocenters. The maximum absolute atomic E-state index is 4.22. The maximum atomic E-state index is 4.22. The first-order chi connectivity index (χ1) is 9.20. The Hall–Kier alpha value is -1.61. The van der Waals surface area contributed by atoms with Gasteiger partial charge in [-0.25, -0.2) is 0 Å². The molecule has 1 N–H and O–H groups in total. The Balaban J connectivity index is 2.04. The molecule has 0 spiro atoms. The van der Waals surface area contributed by atoms with Crippen LogP contribution in [0.3, 0.4) is 0 Å². The summed E-state index contributed by atoms with van der Waals surface area (Å²) in [6, 6.07) is 11.3. The van der Waals surface area contributed by atoms with E-state index < -0.39 is 0 Å². The van der Waals surface area contributed by atoms with Crippen molar-refractivity contribution in [1.82, 2.24) is 15.1 Å². The van der Waals surface area contributed by atoms with Crippen molar-refractivity contribution in [3.05, 3.63) is 53.3 Å². The Labute approximate surface area is 115 Å². The van der Waals surface area contributed by atoms with Gasteiger partial charge in [0, 0.05) is 25.0 Å². The molecular formula is C16H23N3. The summed E-state index contributed by atoms with van der Waals surface area (Å²) >= 11 is 0. The summed E-state index contributed by atoms with van der Waals surface area (Å²) in [5.41, 5.74) is 3.97. The molecule has 19 heavy (non-hydrogen) atoms. The van der Waals surface area contributed by atoms with Crippen LogP contribution in [0.15, 0.2) is 36.5 Å². The van der Waals surface area contributed by atoms with Crippen LogP contribution in [-0.2, 0) is 13.5 Å². The summed E-state index contributed by atoms with van der Waals surface area (Å²) in [4.78, 5) is 0. The van der Waals surface area contributed by atoms with Gasteiger partial charge in [-0.2, -0.15) is 5.10 Å². The topological polar surface area (TPSA) is 29.9 Å². The van der Waals surface area contributed by atoms with Crippen LogP contribution < -0.4 is 5.32 Å². The predicted molar refractivity (Wildman–Crippen MR) is 79.1 cm³/mol. The van der Waals surface area contributed by atoms with Crippen LogP contribution in [0.1, 0.15) is 36.2 Å². The van der Waals surface area contributed by atoms with Gasteiger partial charge in [0.25, 0.3) is 0 Å². The van der Waals surface area contributed by atoms with E-state index in [2.05, 4.69) is 54.6 Å². The van der Waals surface area contributed by atoms with Crippen LogP contribution in [0.5, 0.6) is 0 Å². The Morgan fingerprint density at radius 1 is 1.21 bits per heavy atom. The van der Waals surface area contributed by atoms with E-state index in [4.69, 9.17) is 0 Å². The molecular weight excluding hydrogens is 234 g/mol. The number of aryl methyl sites for hydroxylation is 3. The average Bonchev–Trinajstić information content (AvgIpc) is 2.81. The zero-order valence-corrected chi connectivity index (χ0v) is 12.1. The minimum absolute atomic E-state index is 0.417. The SMILES string of the molecule is CCNC(CCc1ccnn1C)c1ccc(C)cc1. The van der Waals surface area contributed by atoms with E-state index in [0.29, 0.717) is 6.04 Å². The fourth-order valence-corrected chi connectivity index (χ4v) is 2.37. The van der Waals surface area contributed by atoms with E-state index in [0.717, 1.165) is 19.4 Å². The predicted octanol–water partition coefficient (Wildman–Crippen LogP) is 3.01. The first-order valence-corrected chi connectivity index (χ1v) is 6.97. The van der Waals surface area contributed by atoms with Crippen LogP contribution in [0.2, 0.25) is 0 Å². The fourth-order valence-electron chi connectivity index (χ4n) is 2.37. The Bertz CT molecular complexity index is 499. The molecule has 1 unspecified atom stereocenters. The van der Waals surface area contributed by atoms with E-state index in [1.807, 2.05) is 17.9 Å². The summed E-state index contributed by atoms with van der Waals surface area (Å²) in [5, 5.41) is 7.79. The van der Waals surface area contributed by atoms with Gasteiger partial charge in [-0.15, -0.1) is 0 Å². The normalized spacial score (nSPS) is 12.6. The number of hydrogen-bond acceptors (Lipinski definition) is 2. The third-order valence-electron chi connectivity index (χ3n) is 3.54. The first kappa shape index (κ1) is 13.8. The number of nitrogens with zero attached hydrogens (tertiary/aromatic N) is 2. The third-order valence-corrected chi connectivity index (χ3v) is 3.54. The Morgan fingerprint density at radius 3 is 2.53 bits per heavy atom. The standard InChI is InChI=1S/C16H23N3/c1-4-17-16(14-7-5-13(2)6-8-14)10-9-15-11-12-18-19(15)3/h5-8,11-12,16-17H,4,9-10H2,1-3H3. The van der Waals surface area contributed by atoms with Crippen LogP contribution in [-0.4, -0.2) is 16.3 Å². The second-order valence-corrected chi connectivity index (χ2v) is 5.01. The van der Waals surface area contributed by atoms with Crippen molar-refractivity contribution in [2.24, 2.45) is 7.05 Å². The van der Waals surface area contributed by atoms with Gasteiger partial charge in [-0.05, 0) is 37.9 Å². The summed E-state index contributed by atoms with van der Waals surface area (Å²) in [6.45, 7) is 5.27. The zero-order valence-electron chi connectivity index (χ0n) is 12.1. The maximum Gasteiger partial charge on any atom is 0.0492 e. The molecule has 1 heterocycles. The molecule has 1 aromatic carbocycles. The van der Waals surface area contributed by atoms with Gasteiger partial charge < -0.3 is 5.32 Å². The molecule has 0 saturated heterocycles. The van der Waals surface area contributed by atoms with Gasteiger partial charge in [0.2, 0.25) is 0 Å². The van der Waals surface area contributed by atoms with Gasteiger partial charge in [-0.1, -0.05) is 36.8 Å². The first-order valence-electron chi connectivity index (χ1n) is 6.97. The summed E-state index contributed by atoms with van der Waals surface area (Å²) in [5.74, 6) is 0. The van der Waals surface area contributed by atoms with Crippen molar-refractivity contribution in [1.29, 1.82) is 0 Å². The lowest BCUT2D eigenvalue weighted by atomic mass is 10.00. The number of rotatable bonds is 6. The highest BCUT2D eigenvalue weighted by molar-refractivity contribution is 5.24. The minimum atomic E-state index is 0.417. The largest absolute Gasteiger partial charge is 0.310 e. The number of aromatic nitrogens is 2. The molecule has 0 fully saturated rings. The molecule has 0 amide bonds. The molecule has 0 aliphatic heterocycles. The summed E-state index contributed by atoms with van der Waals surface area (Å²) in [7, 11) is 2.00. The number of nitrogens with one attached hydrogen (secondary N) is 1. The van der Waals surface area contributed by atoms with Crippen molar-refractivity contribution >= 4 is 0 Å². The van der Waals surface area contributed by atoms with Crippen molar-refractivity contribution in [2.75, 3.05) is 6.54 Å². The van der Waals surface area contributed by atoms with E-state index in [9.17, 15) is 0 Å². The van der Waals surface area contributed by atoms with Crippen molar-refractivity contribution in [3.8, 4) is 0 Å². The molecule has 0 aliphatic carbocycles. The van der Waals surface area contributed by atoms with Crippen molar-refractivity contribution < 1.29 is 0 Å². The van der Waals surface area contributed by atoms with E-state index in [1.54, 1.807) is 0 Å². The number of hydrogen-bond donors (Lipinski definition) is 1. The fraction of sp³-hybridized carbons (Fsp3) is 0.438. The monoisotopic (exact) mass is 257 g/mol. The average molecular weight is 257 g/mol. The van der Waals surface area contributed by atoms with Crippen LogP contribution >= 0.6 is 0 Å². The van der Waals surface area contributed by atoms with Crippen LogP contribution in [0.4, 0.5) is 0 Å². The van der Waals surface area contributed by atoms with Crippen molar-refractivity contribution in [3.63, 3.8) is 0 Å². The second-order valence-electron chi connectivity index (χ2n) is 5.01. The van der Waals surface area contributed by atoms with Crippen molar-refractivity contribution in [2.45, 2.75) is 32.7 Å². The Morgan fingerprint density at radius 2 is 1.95 bits per heavy atom. The van der Waals surface area contributed by atoms with E-state index in [-0.39, 0.29) is 0 Å². The molecule has 0 bridgehead atoms. The molecule has 0 radical (unpaired) electrons. The highest BCUT2D eigenvalue weighted by atomic mass is 15.2. The molecule has 0 aliphatic rings. The molecule has 1 aromatic heterocycles. The molecule has 2 aromatic rings. The second kappa shape index (κ2) is 6.53. The highest BCUT2D eigenvalue weighted by Crippen LogP contribution is 2.19. The molecule has 2 rings (SSSR count). The van der Waals surface area contributed by atoms with Gasteiger partial charge >= 0.3 is 0 Å². The van der Waals surface area contributed by atoms with Gasteiger partial charge in [0.1, 0.15) is 0 Å². The van der Waals surface area contributed by atoms with E-state index in [1.165, 1.54) is 16.8 Å². The van der Waals surface area contributed by atoms with Gasteiger partial charge in [-0.3, -0.25) is 4.68 Å². The summed E-state index contributed by atoms with van der Waals surface area (Å²) in [6.07, 6.45) is 4.00. The van der Waals surface area contributed by atoms with Gasteiger partial charge in [0.15, 0.2) is 0 Å². The third kappa shape index (κ3) is 3.67. The summed E-state index contributed by atoms with van der Waals surface area (Å²) < 4.78 is 1.96. The van der Waals surface area contributed by atoms with Gasteiger partial charge in [0.05, 0.1) is 0 Å². The molecule has 3 heteroatoms. The smallest absolute Gasteiger partial charge is 0.0492 e. The molecule has 3 nitrogen and oxygen atoms in total. The lowest BCUT2D eigenvalue weighted by Gasteiger charge is -2.18. The minimum Gasteiger partial charge on any atom is -0.310 e. The zero-order chi connectivity index (χ0) is 13.7. The number of benzene rings is 1. The molecule has 0 saturated carbocycles. The van der Waals surface area contributed by atoms with Crippen LogP contribution in [0.25, 0.3) is 0 Å². The lowest BCUT2D eigenvalue weighted by Crippen LogP contribution is -2.21. The Kier molecular flexibility index (Phi) is 4.74. The highest BCUT2D eigenvalue weighted by Gasteiger charge is 2.11. The van der Waals surface area contributed by atoms with E-state index >= 15 is 0 Å². The quantitative estimate of drug-likeness (QED) is 0.862.